The number of nitrogens with zero attached hydrogens (tertiary/aromatic N) is 4. The molecule has 1 aliphatic carbocycles. The predicted octanol–water partition coefficient (Wildman–Crippen LogP) is 2.77. The first kappa shape index (κ1) is 30.6. The number of pyridine rings is 2. The molecule has 45 heavy (non-hydrogen) atoms. The maximum atomic E-state index is 13.9. The Balaban J connectivity index is 1.33. The van der Waals surface area contributed by atoms with E-state index in [1.54, 1.807) is 12.3 Å². The highest BCUT2D eigenvalue weighted by molar-refractivity contribution is 5.98. The van der Waals surface area contributed by atoms with Gasteiger partial charge >= 0.3 is 0 Å². The molecule has 2 amide bonds. The van der Waals surface area contributed by atoms with Gasteiger partial charge in [-0.15, -0.1) is 0 Å². The van der Waals surface area contributed by atoms with Gasteiger partial charge < -0.3 is 30.4 Å². The average molecular weight is 609 g/mol. The summed E-state index contributed by atoms with van der Waals surface area (Å²) in [5.74, 6) is -0.0992. The zero-order valence-corrected chi connectivity index (χ0v) is 25.8. The number of likely N-dealkylation sites (N-methyl/N-ethyl adjacent to an activating group) is 1. The molecule has 0 radical (unpaired) electrons. The Morgan fingerprint density at radius 1 is 1.07 bits per heavy atom. The van der Waals surface area contributed by atoms with Crippen LogP contribution in [0.2, 0.25) is 0 Å². The third kappa shape index (κ3) is 6.25. The Bertz CT molecular complexity index is 1610. The maximum absolute atomic E-state index is 13.9. The Labute approximate surface area is 263 Å². The number of anilines is 1. The van der Waals surface area contributed by atoms with E-state index in [-0.39, 0.29) is 23.8 Å². The van der Waals surface area contributed by atoms with Gasteiger partial charge in [-0.3, -0.25) is 14.6 Å². The largest absolute Gasteiger partial charge is 0.383 e. The van der Waals surface area contributed by atoms with E-state index < -0.39 is 11.5 Å². The lowest BCUT2D eigenvalue weighted by Gasteiger charge is -2.43. The van der Waals surface area contributed by atoms with Crippen LogP contribution in [0, 0.1) is 0 Å². The molecule has 10 heteroatoms. The molecule has 1 aromatic carbocycles. The lowest BCUT2D eigenvalue weighted by Crippen LogP contribution is -2.59. The minimum atomic E-state index is -0.942. The van der Waals surface area contributed by atoms with Crippen molar-refractivity contribution < 1.29 is 19.1 Å². The molecule has 0 saturated carbocycles. The van der Waals surface area contributed by atoms with Crippen LogP contribution in [0.1, 0.15) is 57.6 Å². The molecule has 234 valence electrons. The molecule has 1 fully saturated rings. The highest BCUT2D eigenvalue weighted by atomic mass is 16.5. The van der Waals surface area contributed by atoms with E-state index in [4.69, 9.17) is 10.5 Å². The van der Waals surface area contributed by atoms with Gasteiger partial charge in [0.25, 0.3) is 5.91 Å². The fourth-order valence-electron chi connectivity index (χ4n) is 6.90. The van der Waals surface area contributed by atoms with Crippen molar-refractivity contribution in [3.63, 3.8) is 0 Å². The van der Waals surface area contributed by atoms with E-state index in [2.05, 4.69) is 39.2 Å². The van der Waals surface area contributed by atoms with Crippen molar-refractivity contribution >= 4 is 30.0 Å². The average Bonchev–Trinajstić information content (AvgIpc) is 3.44. The summed E-state index contributed by atoms with van der Waals surface area (Å²) in [7, 11) is 2.02. The molecule has 3 aliphatic rings. The number of rotatable bonds is 2. The number of piperidine rings is 1. The molecule has 6 rings (SSSR count). The van der Waals surface area contributed by atoms with Gasteiger partial charge in [0.05, 0.1) is 24.2 Å². The molecule has 1 saturated heterocycles. The maximum Gasteiger partial charge on any atom is 0.253 e. The number of aldehydes is 1. The van der Waals surface area contributed by atoms with Gasteiger partial charge in [0.15, 0.2) is 0 Å². The molecule has 4 heterocycles. The molecule has 2 aromatic heterocycles. The van der Waals surface area contributed by atoms with Crippen molar-refractivity contribution in [2.45, 2.75) is 49.6 Å². The van der Waals surface area contributed by atoms with Gasteiger partial charge in [0.1, 0.15) is 18.1 Å². The molecule has 10 nitrogen and oxygen atoms in total. The van der Waals surface area contributed by atoms with Crippen LogP contribution < -0.4 is 11.1 Å². The van der Waals surface area contributed by atoms with Crippen molar-refractivity contribution in [1.29, 1.82) is 0 Å². The van der Waals surface area contributed by atoms with Crippen molar-refractivity contribution in [3.05, 3.63) is 94.4 Å². The molecular formula is C35H40N6O4. The summed E-state index contributed by atoms with van der Waals surface area (Å²) in [5.41, 5.74) is 9.88. The molecule has 0 spiro atoms. The first-order chi connectivity index (χ1) is 21.8. The summed E-state index contributed by atoms with van der Waals surface area (Å²) in [4.78, 5) is 53.3. The lowest BCUT2D eigenvalue weighted by molar-refractivity contribution is -0.139. The number of hydrogen-bond acceptors (Lipinski definition) is 8. The Morgan fingerprint density at radius 2 is 1.89 bits per heavy atom. The number of nitrogens with two attached hydrogens (primary N) is 1. The van der Waals surface area contributed by atoms with Crippen LogP contribution in [0.25, 0.3) is 6.08 Å². The summed E-state index contributed by atoms with van der Waals surface area (Å²) < 4.78 is 5.86. The quantitative estimate of drug-likeness (QED) is 0.425. The summed E-state index contributed by atoms with van der Waals surface area (Å²) in [6, 6.07) is 13.1. The smallest absolute Gasteiger partial charge is 0.253 e. The van der Waals surface area contributed by atoms with Gasteiger partial charge in [0, 0.05) is 61.7 Å². The second kappa shape index (κ2) is 12.9. The van der Waals surface area contributed by atoms with Crippen LogP contribution in [0.3, 0.4) is 0 Å². The van der Waals surface area contributed by atoms with Crippen LogP contribution in [0.4, 0.5) is 5.82 Å². The number of nitrogen functional groups attached to an aromatic ring is 1. The second-order valence-corrected chi connectivity index (χ2v) is 12.5. The van der Waals surface area contributed by atoms with Crippen molar-refractivity contribution in [2.75, 3.05) is 45.6 Å². The minimum Gasteiger partial charge on any atom is -0.383 e. The monoisotopic (exact) mass is 608 g/mol. The molecule has 7 bridgehead atoms. The minimum absolute atomic E-state index is 0.0365. The number of hydrogen-bond donors (Lipinski definition) is 2. The van der Waals surface area contributed by atoms with Gasteiger partial charge in [-0.05, 0) is 55.6 Å². The standard InChI is InChI=1S/C35H40N6O4/c1-23-28(25-8-4-3-5-9-25)17-30-34(44)41(23)11-10-40(2)12-14-45-13-6-7-24-15-29(32(36)38-20-24)35(22-42)18-26-16-27(33(43)39-30)21-37-31(26)19-35/h3-9,15-16,20-23,28,30H,10-14,17-19H2,1-2H3,(H2,36,38)(H,39,43)/b7-6+/t23?,28?,30?,35-/m1/s1. The van der Waals surface area contributed by atoms with Crippen LogP contribution in [0.15, 0.2) is 60.9 Å². The normalized spacial score (nSPS) is 26.9. The Hall–Kier alpha value is -4.41. The van der Waals surface area contributed by atoms with E-state index in [1.165, 1.54) is 6.20 Å². The molecule has 3 unspecified atom stereocenters. The molecule has 4 atom stereocenters. The number of ether oxygens (including phenoxy) is 1. The third-order valence-electron chi connectivity index (χ3n) is 9.55. The highest BCUT2D eigenvalue weighted by Gasteiger charge is 2.43. The second-order valence-electron chi connectivity index (χ2n) is 12.5. The number of carbonyl (C=O) groups excluding carboxylic acids is 3. The van der Waals surface area contributed by atoms with Gasteiger partial charge in [-0.25, -0.2) is 4.98 Å². The van der Waals surface area contributed by atoms with Gasteiger partial charge in [0.2, 0.25) is 5.91 Å². The van der Waals surface area contributed by atoms with Crippen LogP contribution in [-0.4, -0.2) is 89.8 Å². The zero-order valence-electron chi connectivity index (χ0n) is 25.8. The van der Waals surface area contributed by atoms with Crippen molar-refractivity contribution in [1.82, 2.24) is 25.1 Å². The molecule has 3 N–H and O–H groups in total. The summed E-state index contributed by atoms with van der Waals surface area (Å²) in [5, 5.41) is 3.04. The summed E-state index contributed by atoms with van der Waals surface area (Å²) in [6.45, 7) is 4.95. The number of benzene rings is 1. The molecule has 2 aliphatic heterocycles. The van der Waals surface area contributed by atoms with E-state index in [0.717, 1.165) is 28.7 Å². The predicted molar refractivity (Wildman–Crippen MR) is 172 cm³/mol. The van der Waals surface area contributed by atoms with E-state index >= 15 is 0 Å². The highest BCUT2D eigenvalue weighted by Crippen LogP contribution is 2.40. The zero-order chi connectivity index (χ0) is 31.6. The first-order valence-electron chi connectivity index (χ1n) is 15.6. The van der Waals surface area contributed by atoms with Gasteiger partial charge in [-0.1, -0.05) is 42.5 Å². The van der Waals surface area contributed by atoms with Crippen molar-refractivity contribution in [2.24, 2.45) is 0 Å². The number of nitrogens with one attached hydrogen (secondary N) is 1. The fraction of sp³-hybridized carbons (Fsp3) is 0.400. The number of carbonyl (C=O) groups is 3. The topological polar surface area (TPSA) is 131 Å². The molecular weight excluding hydrogens is 568 g/mol. The van der Waals surface area contributed by atoms with Crippen LogP contribution in [-0.2, 0) is 32.6 Å². The van der Waals surface area contributed by atoms with E-state index in [0.29, 0.717) is 69.1 Å². The summed E-state index contributed by atoms with van der Waals surface area (Å²) in [6.07, 6.45) is 9.17. The lowest BCUT2D eigenvalue weighted by atomic mass is 9.79. The third-order valence-corrected chi connectivity index (χ3v) is 9.55. The van der Waals surface area contributed by atoms with E-state index in [1.807, 2.05) is 48.4 Å². The summed E-state index contributed by atoms with van der Waals surface area (Å²) >= 11 is 0. The SMILES string of the molecule is CC1C(c2ccccc2)CC2NC(=O)c3cnc4c(c3)C[C@](C=O)(C4)c3cc(cnc3N)/C=C/COCCN(C)CCN1C2=O. The van der Waals surface area contributed by atoms with Crippen molar-refractivity contribution in [3.8, 4) is 0 Å². The fourth-order valence-corrected chi connectivity index (χ4v) is 6.90. The number of fused-ring (bicyclic) bond motifs is 7. The Kier molecular flexibility index (Phi) is 8.78. The van der Waals surface area contributed by atoms with E-state index in [9.17, 15) is 14.4 Å². The number of aromatic nitrogens is 2. The Morgan fingerprint density at radius 3 is 2.69 bits per heavy atom. The first-order valence-corrected chi connectivity index (χ1v) is 15.6. The van der Waals surface area contributed by atoms with Crippen LogP contribution in [0.5, 0.6) is 0 Å². The molecule has 3 aromatic rings. The van der Waals surface area contributed by atoms with Crippen LogP contribution >= 0.6 is 0 Å². The van der Waals surface area contributed by atoms with Gasteiger partial charge in [-0.2, -0.15) is 0 Å². The number of amides is 2.